The molecule has 2 heterocycles. The summed E-state index contributed by atoms with van der Waals surface area (Å²) in [7, 11) is 0. The van der Waals surface area contributed by atoms with E-state index in [0.717, 1.165) is 5.76 Å². The van der Waals surface area contributed by atoms with Gasteiger partial charge in [0, 0.05) is 0 Å². The molecule has 2 bridgehead atoms. The Morgan fingerprint density at radius 2 is 2.27 bits per heavy atom. The van der Waals surface area contributed by atoms with Crippen molar-refractivity contribution < 1.29 is 12.5 Å². The number of fused-ring (bicyclic) bond motifs is 2. The van der Waals surface area contributed by atoms with Gasteiger partial charge in [-0.25, -0.2) is 8.37 Å². The van der Waals surface area contributed by atoms with Crippen LogP contribution in [0.25, 0.3) is 0 Å². The monoisotopic (exact) mass is 231 g/mol. The molecule has 15 heavy (non-hydrogen) atoms. The predicted molar refractivity (Wildman–Crippen MR) is 60.4 cm³/mol. The van der Waals surface area contributed by atoms with Crippen LogP contribution in [0.2, 0.25) is 0 Å². The van der Waals surface area contributed by atoms with Gasteiger partial charge in [-0.15, -0.1) is 0 Å². The SMILES string of the molecule is CCCCCCC(C)C1O[S+]2OC=C1O2. The van der Waals surface area contributed by atoms with Crippen molar-refractivity contribution in [1.29, 1.82) is 0 Å². The molecule has 2 aliphatic heterocycles. The molecule has 1 fully saturated rings. The normalized spacial score (nSPS) is 29.6. The molecule has 0 N–H and O–H groups in total. The highest BCUT2D eigenvalue weighted by molar-refractivity contribution is 7.83. The maximum atomic E-state index is 5.59. The van der Waals surface area contributed by atoms with Gasteiger partial charge in [-0.05, 0) is 12.3 Å². The van der Waals surface area contributed by atoms with E-state index >= 15 is 0 Å². The largest absolute Gasteiger partial charge is 0.616 e. The fraction of sp³-hybridized carbons (Fsp3) is 0.818. The molecule has 0 aromatic rings. The number of hydrogen-bond acceptors (Lipinski definition) is 3. The third-order valence-electron chi connectivity index (χ3n) is 2.90. The average molecular weight is 231 g/mol. The van der Waals surface area contributed by atoms with E-state index < -0.39 is 11.7 Å². The van der Waals surface area contributed by atoms with E-state index in [-0.39, 0.29) is 6.10 Å². The lowest BCUT2D eigenvalue weighted by molar-refractivity contribution is 0.175. The molecule has 1 saturated heterocycles. The second-order valence-electron chi connectivity index (χ2n) is 4.25. The molecule has 0 spiro atoms. The Morgan fingerprint density at radius 1 is 1.40 bits per heavy atom. The van der Waals surface area contributed by atoms with Crippen LogP contribution < -0.4 is 0 Å². The molecule has 4 heteroatoms. The van der Waals surface area contributed by atoms with Gasteiger partial charge in [0.05, 0.1) is 0 Å². The fourth-order valence-corrected chi connectivity index (χ4v) is 2.96. The van der Waals surface area contributed by atoms with Crippen LogP contribution in [0.4, 0.5) is 0 Å². The van der Waals surface area contributed by atoms with Gasteiger partial charge in [-0.2, -0.15) is 0 Å². The first kappa shape index (κ1) is 11.1. The Kier molecular flexibility index (Phi) is 3.81. The molecular formula is C11H19O3S+. The molecule has 3 unspecified atom stereocenters. The van der Waals surface area contributed by atoms with Crippen molar-refractivity contribution in [2.45, 2.75) is 52.1 Å². The van der Waals surface area contributed by atoms with Crippen LogP contribution in [-0.4, -0.2) is 6.10 Å². The Labute approximate surface area is 94.7 Å². The van der Waals surface area contributed by atoms with E-state index in [2.05, 4.69) is 13.8 Å². The Bertz CT molecular complexity index is 242. The topological polar surface area (TPSA) is 27.7 Å². The van der Waals surface area contributed by atoms with E-state index in [1.807, 2.05) is 0 Å². The highest BCUT2D eigenvalue weighted by atomic mass is 32.3. The molecule has 2 aliphatic rings. The zero-order chi connectivity index (χ0) is 10.7. The molecule has 86 valence electrons. The summed E-state index contributed by atoms with van der Waals surface area (Å²) in [5.41, 5.74) is 0. The van der Waals surface area contributed by atoms with Crippen LogP contribution in [0.15, 0.2) is 12.0 Å². The highest BCUT2D eigenvalue weighted by Crippen LogP contribution is 2.38. The first-order valence-corrected chi connectivity index (χ1v) is 6.78. The summed E-state index contributed by atoms with van der Waals surface area (Å²) in [4.78, 5) is 0. The summed E-state index contributed by atoms with van der Waals surface area (Å²) in [6, 6.07) is 0. The van der Waals surface area contributed by atoms with Gasteiger partial charge < -0.3 is 0 Å². The predicted octanol–water partition coefficient (Wildman–Crippen LogP) is 3.24. The van der Waals surface area contributed by atoms with Gasteiger partial charge in [0.25, 0.3) is 0 Å². The van der Waals surface area contributed by atoms with Crippen LogP contribution in [0.5, 0.6) is 0 Å². The van der Waals surface area contributed by atoms with Gasteiger partial charge >= 0.3 is 11.7 Å². The fourth-order valence-electron chi connectivity index (χ4n) is 1.91. The molecule has 0 aromatic carbocycles. The van der Waals surface area contributed by atoms with Crippen molar-refractivity contribution in [2.75, 3.05) is 0 Å². The van der Waals surface area contributed by atoms with Gasteiger partial charge in [0.1, 0.15) is 0 Å². The third kappa shape index (κ3) is 2.61. The minimum absolute atomic E-state index is 0.142. The lowest BCUT2D eigenvalue weighted by Crippen LogP contribution is -2.21. The molecule has 3 nitrogen and oxygen atoms in total. The van der Waals surface area contributed by atoms with E-state index in [1.54, 1.807) is 6.26 Å². The summed E-state index contributed by atoms with van der Waals surface area (Å²) in [6.07, 6.45) is 8.31. The quantitative estimate of drug-likeness (QED) is 0.519. The second kappa shape index (κ2) is 5.12. The lowest BCUT2D eigenvalue weighted by atomic mass is 9.96. The van der Waals surface area contributed by atoms with Gasteiger partial charge in [-0.1, -0.05) is 43.7 Å². The van der Waals surface area contributed by atoms with Crippen molar-refractivity contribution in [3.8, 4) is 0 Å². The van der Waals surface area contributed by atoms with Crippen LogP contribution in [-0.2, 0) is 24.3 Å². The van der Waals surface area contributed by atoms with Crippen molar-refractivity contribution in [3.05, 3.63) is 12.0 Å². The summed E-state index contributed by atoms with van der Waals surface area (Å²) in [6.45, 7) is 4.46. The van der Waals surface area contributed by atoms with Crippen molar-refractivity contribution in [3.63, 3.8) is 0 Å². The number of rotatable bonds is 6. The first-order valence-electron chi connectivity index (χ1n) is 5.78. The second-order valence-corrected chi connectivity index (χ2v) is 5.21. The third-order valence-corrected chi connectivity index (χ3v) is 3.85. The summed E-state index contributed by atoms with van der Waals surface area (Å²) < 4.78 is 16.1. The average Bonchev–Trinajstić information content (AvgIpc) is 2.85. The molecule has 0 aliphatic carbocycles. The van der Waals surface area contributed by atoms with Gasteiger partial charge in [-0.3, -0.25) is 0 Å². The molecule has 0 saturated carbocycles. The van der Waals surface area contributed by atoms with Crippen LogP contribution in [0.3, 0.4) is 0 Å². The van der Waals surface area contributed by atoms with E-state index in [4.69, 9.17) is 12.5 Å². The maximum absolute atomic E-state index is 5.59. The number of unbranched alkanes of at least 4 members (excludes halogenated alkanes) is 3. The molecule has 0 amide bonds. The van der Waals surface area contributed by atoms with Gasteiger partial charge in [0.2, 0.25) is 12.0 Å². The highest BCUT2D eigenvalue weighted by Gasteiger charge is 2.54. The first-order chi connectivity index (χ1) is 7.31. The minimum atomic E-state index is -0.712. The Hall–Kier alpha value is -0.350. The van der Waals surface area contributed by atoms with E-state index in [0.29, 0.717) is 5.92 Å². The summed E-state index contributed by atoms with van der Waals surface area (Å²) in [5, 5.41) is 0. The number of hydrogen-bond donors (Lipinski definition) is 0. The van der Waals surface area contributed by atoms with Crippen LogP contribution >= 0.6 is 0 Å². The van der Waals surface area contributed by atoms with Crippen LogP contribution in [0.1, 0.15) is 46.0 Å². The molecule has 2 rings (SSSR count). The zero-order valence-electron chi connectivity index (χ0n) is 9.40. The van der Waals surface area contributed by atoms with E-state index in [9.17, 15) is 0 Å². The van der Waals surface area contributed by atoms with Crippen LogP contribution in [0, 0.1) is 5.92 Å². The lowest BCUT2D eigenvalue weighted by Gasteiger charge is -2.13. The molecule has 0 aromatic heterocycles. The molecular weight excluding hydrogens is 212 g/mol. The maximum Gasteiger partial charge on any atom is 0.616 e. The Morgan fingerprint density at radius 3 is 2.87 bits per heavy atom. The molecule has 0 radical (unpaired) electrons. The van der Waals surface area contributed by atoms with Gasteiger partial charge in [0.15, 0.2) is 6.10 Å². The smallest absolute Gasteiger partial charge is 0.215 e. The van der Waals surface area contributed by atoms with Crippen molar-refractivity contribution >= 4 is 11.7 Å². The minimum Gasteiger partial charge on any atom is -0.215 e. The van der Waals surface area contributed by atoms with E-state index in [1.165, 1.54) is 32.1 Å². The van der Waals surface area contributed by atoms with Crippen molar-refractivity contribution in [1.82, 2.24) is 0 Å². The van der Waals surface area contributed by atoms with Crippen molar-refractivity contribution in [2.24, 2.45) is 5.92 Å². The molecule has 3 atom stereocenters. The Balaban J connectivity index is 1.70. The zero-order valence-corrected chi connectivity index (χ0v) is 10.2. The summed E-state index contributed by atoms with van der Waals surface area (Å²) in [5.74, 6) is 1.43. The standard InChI is InChI=1S/C11H19O3S/c1-3-4-5-6-7-9(2)11-10-8-12-15(13-10)14-11/h8-9,11H,3-7H2,1-2H3/q+1. The summed E-state index contributed by atoms with van der Waals surface area (Å²) >= 11 is -0.712.